The quantitative estimate of drug-likeness (QED) is 0.756. The summed E-state index contributed by atoms with van der Waals surface area (Å²) in [7, 11) is 0. The van der Waals surface area contributed by atoms with Crippen LogP contribution in [-0.4, -0.2) is 39.7 Å². The molecule has 0 bridgehead atoms. The third-order valence-corrected chi connectivity index (χ3v) is 3.78. The van der Waals surface area contributed by atoms with E-state index in [0.717, 1.165) is 5.01 Å². The maximum absolute atomic E-state index is 12.0. The van der Waals surface area contributed by atoms with Crippen molar-refractivity contribution in [1.29, 1.82) is 0 Å². The Morgan fingerprint density at radius 1 is 1.17 bits per heavy atom. The van der Waals surface area contributed by atoms with Crippen LogP contribution in [0.1, 0.15) is 30.7 Å². The monoisotopic (exact) mass is 333 g/mol. The van der Waals surface area contributed by atoms with Gasteiger partial charge in [-0.1, -0.05) is 28.5 Å². The van der Waals surface area contributed by atoms with Crippen molar-refractivity contribution in [2.45, 2.75) is 13.5 Å². The third-order valence-electron chi connectivity index (χ3n) is 2.96. The van der Waals surface area contributed by atoms with E-state index in [1.54, 1.807) is 19.1 Å². The van der Waals surface area contributed by atoms with E-state index in [1.807, 2.05) is 0 Å². The highest BCUT2D eigenvalue weighted by Gasteiger charge is 2.38. The van der Waals surface area contributed by atoms with Crippen LogP contribution in [0.4, 0.5) is 0 Å². The number of rotatable bonds is 5. The molecule has 9 heteroatoms. The van der Waals surface area contributed by atoms with Gasteiger partial charge in [-0.15, -0.1) is 10.2 Å². The number of hydrogen-bond donors (Lipinski definition) is 0. The first-order chi connectivity index (χ1) is 11.1. The van der Waals surface area contributed by atoms with Crippen LogP contribution >= 0.6 is 11.3 Å². The van der Waals surface area contributed by atoms with E-state index < -0.39 is 24.4 Å². The molecule has 0 atom stereocenters. The zero-order valence-electron chi connectivity index (χ0n) is 12.0. The number of carbonyl (C=O) groups excluding carboxylic acids is 3. The molecule has 8 nitrogen and oxygen atoms in total. The number of hydroxylamine groups is 2. The molecule has 0 spiro atoms. The Kier molecular flexibility index (Phi) is 4.13. The molecule has 0 fully saturated rings. The summed E-state index contributed by atoms with van der Waals surface area (Å²) in [5.74, 6) is -2.18. The number of carbonyl (C=O) groups is 3. The van der Waals surface area contributed by atoms with Gasteiger partial charge in [0.2, 0.25) is 0 Å². The maximum Gasteiger partial charge on any atom is 0.358 e. The molecule has 2 heterocycles. The largest absolute Gasteiger partial charge is 0.362 e. The lowest BCUT2D eigenvalue weighted by molar-refractivity contribution is -0.174. The van der Waals surface area contributed by atoms with Crippen molar-refractivity contribution < 1.29 is 24.0 Å². The number of amides is 2. The van der Waals surface area contributed by atoms with Gasteiger partial charge in [-0.05, 0) is 19.1 Å². The van der Waals surface area contributed by atoms with Gasteiger partial charge in [-0.3, -0.25) is 9.59 Å². The van der Waals surface area contributed by atoms with Gasteiger partial charge >= 0.3 is 5.97 Å². The molecular formula is C14H11N3O5S. The summed E-state index contributed by atoms with van der Waals surface area (Å²) in [6.45, 7) is 1.49. The number of ether oxygens (including phenoxy) is 1. The summed E-state index contributed by atoms with van der Waals surface area (Å²) < 4.78 is 5.14. The number of aryl methyl sites for hydroxylation is 1. The molecule has 118 valence electrons. The lowest BCUT2D eigenvalue weighted by Gasteiger charge is -2.12. The molecule has 3 rings (SSSR count). The second-order valence-corrected chi connectivity index (χ2v) is 5.89. The molecule has 2 aromatic rings. The van der Waals surface area contributed by atoms with E-state index in [1.165, 1.54) is 23.5 Å². The Hall–Kier alpha value is -2.65. The molecular weight excluding hydrogens is 322 g/mol. The molecule has 0 aliphatic carbocycles. The molecule has 0 saturated carbocycles. The predicted octanol–water partition coefficient (Wildman–Crippen LogP) is 1.12. The van der Waals surface area contributed by atoms with Crippen LogP contribution in [0.2, 0.25) is 0 Å². The minimum absolute atomic E-state index is 0.0999. The lowest BCUT2D eigenvalue weighted by Crippen LogP contribution is -2.34. The van der Waals surface area contributed by atoms with Crippen LogP contribution in [-0.2, 0) is 21.0 Å². The first-order valence-electron chi connectivity index (χ1n) is 6.61. The van der Waals surface area contributed by atoms with Gasteiger partial charge in [0.05, 0.1) is 11.1 Å². The zero-order chi connectivity index (χ0) is 16.4. The molecule has 0 saturated heterocycles. The van der Waals surface area contributed by atoms with Crippen molar-refractivity contribution in [3.05, 3.63) is 45.4 Å². The average molecular weight is 333 g/mol. The second kappa shape index (κ2) is 6.23. The van der Waals surface area contributed by atoms with Gasteiger partial charge in [0.25, 0.3) is 11.8 Å². The minimum atomic E-state index is -0.847. The number of fused-ring (bicyclic) bond motifs is 1. The Morgan fingerprint density at radius 3 is 2.39 bits per heavy atom. The van der Waals surface area contributed by atoms with Crippen LogP contribution in [0.25, 0.3) is 0 Å². The Labute approximate surface area is 134 Å². The SMILES string of the molecule is Cc1nnc(COCC(=O)ON2C(=O)c3ccccc3C2=O)s1. The second-order valence-electron chi connectivity index (χ2n) is 4.62. The topological polar surface area (TPSA) is 98.7 Å². The molecule has 1 aliphatic rings. The van der Waals surface area contributed by atoms with Crippen LogP contribution < -0.4 is 0 Å². The molecule has 0 N–H and O–H groups in total. The summed E-state index contributed by atoms with van der Waals surface area (Å²) in [5.41, 5.74) is 0.408. The predicted molar refractivity (Wildman–Crippen MR) is 77.3 cm³/mol. The summed E-state index contributed by atoms with van der Waals surface area (Å²) in [6, 6.07) is 6.25. The van der Waals surface area contributed by atoms with E-state index in [9.17, 15) is 14.4 Å². The Balaban J connectivity index is 1.54. The fourth-order valence-electron chi connectivity index (χ4n) is 2.00. The number of imide groups is 1. The third kappa shape index (κ3) is 3.10. The van der Waals surface area contributed by atoms with E-state index in [4.69, 9.17) is 9.57 Å². The van der Waals surface area contributed by atoms with E-state index >= 15 is 0 Å². The number of hydrogen-bond acceptors (Lipinski definition) is 8. The van der Waals surface area contributed by atoms with Crippen molar-refractivity contribution in [2.24, 2.45) is 0 Å². The Morgan fingerprint density at radius 2 is 1.83 bits per heavy atom. The summed E-state index contributed by atoms with van der Waals surface area (Å²) in [4.78, 5) is 40.5. The molecule has 0 unspecified atom stereocenters. The fourth-order valence-corrected chi connectivity index (χ4v) is 2.64. The summed E-state index contributed by atoms with van der Waals surface area (Å²) >= 11 is 1.35. The Bertz CT molecular complexity index is 753. The highest BCUT2D eigenvalue weighted by Crippen LogP contribution is 2.22. The zero-order valence-corrected chi connectivity index (χ0v) is 12.8. The average Bonchev–Trinajstić information content (AvgIpc) is 3.05. The van der Waals surface area contributed by atoms with Gasteiger partial charge in [-0.2, -0.15) is 0 Å². The molecule has 1 aromatic heterocycles. The first kappa shape index (κ1) is 15.3. The summed E-state index contributed by atoms with van der Waals surface area (Å²) in [5, 5.41) is 9.52. The van der Waals surface area contributed by atoms with E-state index in [0.29, 0.717) is 10.1 Å². The maximum atomic E-state index is 12.0. The van der Waals surface area contributed by atoms with Crippen LogP contribution in [0.5, 0.6) is 0 Å². The van der Waals surface area contributed by atoms with Gasteiger partial charge in [0, 0.05) is 0 Å². The van der Waals surface area contributed by atoms with E-state index in [2.05, 4.69) is 10.2 Å². The van der Waals surface area contributed by atoms with Gasteiger partial charge in [0.1, 0.15) is 23.2 Å². The van der Waals surface area contributed by atoms with Crippen LogP contribution in [0.15, 0.2) is 24.3 Å². The first-order valence-corrected chi connectivity index (χ1v) is 7.43. The number of nitrogens with zero attached hydrogens (tertiary/aromatic N) is 3. The van der Waals surface area contributed by atoms with Crippen molar-refractivity contribution in [2.75, 3.05) is 6.61 Å². The summed E-state index contributed by atoms with van der Waals surface area (Å²) in [6.07, 6.45) is 0. The van der Waals surface area contributed by atoms with Crippen LogP contribution in [0.3, 0.4) is 0 Å². The standard InChI is InChI=1S/C14H11N3O5S/c1-8-15-16-11(23-8)6-21-7-12(18)22-17-13(19)9-4-2-3-5-10(9)14(17)20/h2-5H,6-7H2,1H3. The van der Waals surface area contributed by atoms with Gasteiger partial charge < -0.3 is 9.57 Å². The smallest absolute Gasteiger partial charge is 0.358 e. The molecule has 1 aromatic carbocycles. The van der Waals surface area contributed by atoms with Crippen molar-refractivity contribution in [3.8, 4) is 0 Å². The van der Waals surface area contributed by atoms with Crippen molar-refractivity contribution >= 4 is 29.1 Å². The van der Waals surface area contributed by atoms with Crippen LogP contribution in [0, 0.1) is 6.92 Å². The highest BCUT2D eigenvalue weighted by atomic mass is 32.1. The fraction of sp³-hybridized carbons (Fsp3) is 0.214. The molecule has 2 amide bonds. The number of benzene rings is 1. The molecule has 23 heavy (non-hydrogen) atoms. The van der Waals surface area contributed by atoms with E-state index in [-0.39, 0.29) is 17.7 Å². The molecule has 1 aliphatic heterocycles. The normalized spacial score (nSPS) is 13.3. The van der Waals surface area contributed by atoms with Gasteiger partial charge in [0.15, 0.2) is 0 Å². The lowest BCUT2D eigenvalue weighted by atomic mass is 10.1. The molecule has 0 radical (unpaired) electrons. The van der Waals surface area contributed by atoms with Crippen molar-refractivity contribution in [1.82, 2.24) is 15.3 Å². The van der Waals surface area contributed by atoms with Crippen molar-refractivity contribution in [3.63, 3.8) is 0 Å². The number of aromatic nitrogens is 2. The van der Waals surface area contributed by atoms with Gasteiger partial charge in [-0.25, -0.2) is 4.79 Å². The highest BCUT2D eigenvalue weighted by molar-refractivity contribution is 7.11. The minimum Gasteiger partial charge on any atom is -0.362 e.